The highest BCUT2D eigenvalue weighted by Crippen LogP contribution is 2.31. The number of rotatable bonds is 4. The fourth-order valence-electron chi connectivity index (χ4n) is 4.88. The van der Waals surface area contributed by atoms with Gasteiger partial charge in [0.15, 0.2) is 0 Å². The van der Waals surface area contributed by atoms with Gasteiger partial charge in [-0.05, 0) is 45.8 Å². The molecule has 4 rings (SSSR count). The summed E-state index contributed by atoms with van der Waals surface area (Å²) in [5.41, 5.74) is 0. The molecule has 1 amide bonds. The zero-order chi connectivity index (χ0) is 16.5. The van der Waals surface area contributed by atoms with Crippen molar-refractivity contribution in [3.8, 4) is 0 Å². The molecule has 132 valence electrons. The van der Waals surface area contributed by atoms with Gasteiger partial charge >= 0.3 is 0 Å². The van der Waals surface area contributed by atoms with Crippen molar-refractivity contribution in [2.24, 2.45) is 5.92 Å². The van der Waals surface area contributed by atoms with Crippen LogP contribution in [0.15, 0.2) is 12.4 Å². The van der Waals surface area contributed by atoms with Gasteiger partial charge in [0.2, 0.25) is 5.91 Å². The lowest BCUT2D eigenvalue weighted by molar-refractivity contribution is -0.129. The van der Waals surface area contributed by atoms with Gasteiger partial charge in [-0.15, -0.1) is 0 Å². The number of imidazole rings is 1. The molecule has 0 spiro atoms. The second-order valence-corrected chi connectivity index (χ2v) is 8.07. The molecule has 0 aromatic carbocycles. The van der Waals surface area contributed by atoms with Crippen LogP contribution in [0.2, 0.25) is 0 Å². The number of amides is 1. The van der Waals surface area contributed by atoms with Gasteiger partial charge in [0.1, 0.15) is 5.82 Å². The Hall–Kier alpha value is -1.36. The summed E-state index contributed by atoms with van der Waals surface area (Å²) in [4.78, 5) is 21.7. The van der Waals surface area contributed by atoms with Crippen molar-refractivity contribution in [1.82, 2.24) is 19.4 Å². The van der Waals surface area contributed by atoms with E-state index in [1.54, 1.807) is 0 Å². The van der Waals surface area contributed by atoms with Crippen LogP contribution in [0.25, 0.3) is 0 Å². The Morgan fingerprint density at radius 3 is 2.67 bits per heavy atom. The van der Waals surface area contributed by atoms with Gasteiger partial charge in [0.05, 0.1) is 0 Å². The molecule has 0 bridgehead atoms. The molecule has 3 aliphatic rings. The molecular formula is C19H30N4O. The van der Waals surface area contributed by atoms with Crippen LogP contribution in [0.1, 0.15) is 56.7 Å². The summed E-state index contributed by atoms with van der Waals surface area (Å²) in [5, 5.41) is 0. The Labute approximate surface area is 145 Å². The number of nitrogens with zero attached hydrogens (tertiary/aromatic N) is 4. The molecule has 2 saturated heterocycles. The molecule has 3 fully saturated rings. The van der Waals surface area contributed by atoms with Crippen molar-refractivity contribution in [3.63, 3.8) is 0 Å². The third-order valence-electron chi connectivity index (χ3n) is 6.29. The second-order valence-electron chi connectivity index (χ2n) is 8.07. The predicted octanol–water partition coefficient (Wildman–Crippen LogP) is 2.48. The van der Waals surface area contributed by atoms with Crippen LogP contribution >= 0.6 is 0 Å². The quantitative estimate of drug-likeness (QED) is 0.852. The van der Waals surface area contributed by atoms with Gasteiger partial charge in [-0.3, -0.25) is 4.79 Å². The van der Waals surface area contributed by atoms with E-state index in [0.29, 0.717) is 23.8 Å². The van der Waals surface area contributed by atoms with E-state index in [-0.39, 0.29) is 0 Å². The van der Waals surface area contributed by atoms with Crippen molar-refractivity contribution < 1.29 is 4.79 Å². The van der Waals surface area contributed by atoms with Crippen molar-refractivity contribution in [2.45, 2.75) is 63.5 Å². The predicted molar refractivity (Wildman–Crippen MR) is 93.8 cm³/mol. The van der Waals surface area contributed by atoms with Gasteiger partial charge in [0, 0.05) is 49.8 Å². The van der Waals surface area contributed by atoms with Crippen LogP contribution in [-0.4, -0.2) is 58.0 Å². The Balaban J connectivity index is 1.39. The molecule has 2 aliphatic heterocycles. The number of carbonyl (C=O) groups is 1. The van der Waals surface area contributed by atoms with Gasteiger partial charge in [-0.25, -0.2) is 4.98 Å². The van der Waals surface area contributed by atoms with E-state index in [1.807, 2.05) is 6.20 Å². The largest absolute Gasteiger partial charge is 0.339 e. The molecule has 0 radical (unpaired) electrons. The normalized spacial score (nSPS) is 27.5. The second kappa shape index (κ2) is 6.87. The van der Waals surface area contributed by atoms with Gasteiger partial charge in [-0.1, -0.05) is 12.8 Å². The third kappa shape index (κ3) is 3.23. The van der Waals surface area contributed by atoms with Crippen molar-refractivity contribution in [2.75, 3.05) is 26.7 Å². The van der Waals surface area contributed by atoms with Gasteiger partial charge < -0.3 is 14.4 Å². The number of carbonyl (C=O) groups excluding carboxylic acids is 1. The maximum absolute atomic E-state index is 12.4. The summed E-state index contributed by atoms with van der Waals surface area (Å²) < 4.78 is 2.34. The minimum absolute atomic E-state index is 0.382. The lowest BCUT2D eigenvalue weighted by Crippen LogP contribution is -2.34. The van der Waals surface area contributed by atoms with Crippen LogP contribution in [0.4, 0.5) is 0 Å². The topological polar surface area (TPSA) is 41.4 Å². The molecule has 0 unspecified atom stereocenters. The highest BCUT2D eigenvalue weighted by molar-refractivity contribution is 5.79. The van der Waals surface area contributed by atoms with E-state index < -0.39 is 0 Å². The zero-order valence-corrected chi connectivity index (χ0v) is 14.9. The molecule has 1 aromatic heterocycles. The van der Waals surface area contributed by atoms with E-state index in [0.717, 1.165) is 32.6 Å². The van der Waals surface area contributed by atoms with Crippen molar-refractivity contribution in [1.29, 1.82) is 0 Å². The van der Waals surface area contributed by atoms with E-state index in [9.17, 15) is 4.79 Å². The fourth-order valence-corrected chi connectivity index (χ4v) is 4.88. The standard InChI is InChI=1S/C19H30N4O/c1-21-9-6-16(7-10-21)19-20-8-11-22(19)13-15-12-18(24)23(14-15)17-4-2-3-5-17/h8,11,15-17H,2-7,9-10,12-14H2,1H3/t15-/m1/s1. The zero-order valence-electron chi connectivity index (χ0n) is 14.9. The third-order valence-corrected chi connectivity index (χ3v) is 6.29. The molecule has 0 N–H and O–H groups in total. The average Bonchev–Trinajstić information content (AvgIpc) is 3.30. The number of hydrogen-bond acceptors (Lipinski definition) is 3. The lowest BCUT2D eigenvalue weighted by Gasteiger charge is -2.29. The SMILES string of the molecule is CN1CCC(c2nccn2C[C@H]2CC(=O)N(C3CCCC3)C2)CC1. The van der Waals surface area contributed by atoms with E-state index in [4.69, 9.17) is 0 Å². The first-order chi connectivity index (χ1) is 11.7. The summed E-state index contributed by atoms with van der Waals surface area (Å²) in [6.45, 7) is 4.23. The van der Waals surface area contributed by atoms with Crippen molar-refractivity contribution in [3.05, 3.63) is 18.2 Å². The molecule has 1 atom stereocenters. The lowest BCUT2D eigenvalue weighted by atomic mass is 9.96. The molecule has 5 heteroatoms. The highest BCUT2D eigenvalue weighted by atomic mass is 16.2. The summed E-state index contributed by atoms with van der Waals surface area (Å²) in [6.07, 6.45) is 12.2. The first kappa shape index (κ1) is 16.1. The Kier molecular flexibility index (Phi) is 4.61. The highest BCUT2D eigenvalue weighted by Gasteiger charge is 2.36. The molecule has 1 aliphatic carbocycles. The van der Waals surface area contributed by atoms with E-state index in [1.165, 1.54) is 44.3 Å². The van der Waals surface area contributed by atoms with Gasteiger partial charge in [0.25, 0.3) is 0 Å². The number of aromatic nitrogens is 2. The number of likely N-dealkylation sites (tertiary alicyclic amines) is 2. The monoisotopic (exact) mass is 330 g/mol. The van der Waals surface area contributed by atoms with E-state index in [2.05, 4.69) is 32.6 Å². The van der Waals surface area contributed by atoms with Crippen LogP contribution < -0.4 is 0 Å². The minimum Gasteiger partial charge on any atom is -0.339 e. The summed E-state index contributed by atoms with van der Waals surface area (Å²) in [5.74, 6) is 2.67. The summed E-state index contributed by atoms with van der Waals surface area (Å²) in [7, 11) is 2.20. The molecule has 24 heavy (non-hydrogen) atoms. The molecule has 1 saturated carbocycles. The number of piperidine rings is 1. The minimum atomic E-state index is 0.382. The molecule has 5 nitrogen and oxygen atoms in total. The summed E-state index contributed by atoms with van der Waals surface area (Å²) in [6, 6.07) is 0.527. The first-order valence-corrected chi connectivity index (χ1v) is 9.69. The molecule has 1 aromatic rings. The average molecular weight is 330 g/mol. The first-order valence-electron chi connectivity index (χ1n) is 9.69. The fraction of sp³-hybridized carbons (Fsp3) is 0.789. The Bertz CT molecular complexity index is 570. The van der Waals surface area contributed by atoms with Gasteiger partial charge in [-0.2, -0.15) is 0 Å². The van der Waals surface area contributed by atoms with Crippen LogP contribution in [0, 0.1) is 5.92 Å². The molecular weight excluding hydrogens is 300 g/mol. The Morgan fingerprint density at radius 1 is 1.17 bits per heavy atom. The number of hydrogen-bond donors (Lipinski definition) is 0. The molecule has 3 heterocycles. The van der Waals surface area contributed by atoms with Crippen LogP contribution in [0.5, 0.6) is 0 Å². The van der Waals surface area contributed by atoms with Crippen molar-refractivity contribution >= 4 is 5.91 Å². The summed E-state index contributed by atoms with van der Waals surface area (Å²) >= 11 is 0. The van der Waals surface area contributed by atoms with E-state index >= 15 is 0 Å². The smallest absolute Gasteiger partial charge is 0.223 e. The maximum atomic E-state index is 12.4. The van der Waals surface area contributed by atoms with Crippen LogP contribution in [-0.2, 0) is 11.3 Å². The van der Waals surface area contributed by atoms with Crippen LogP contribution in [0.3, 0.4) is 0 Å². The Morgan fingerprint density at radius 2 is 1.92 bits per heavy atom. The maximum Gasteiger partial charge on any atom is 0.223 e.